The first-order valence-corrected chi connectivity index (χ1v) is 7.62. The maximum atomic E-state index is 3.51. The molecule has 0 aliphatic heterocycles. The Labute approximate surface area is 125 Å². The first-order valence-electron chi connectivity index (χ1n) is 7.62. The number of nitrogens with one attached hydrogen (secondary N) is 1. The Kier molecular flexibility index (Phi) is 5.39. The van der Waals surface area contributed by atoms with Gasteiger partial charge in [0.15, 0.2) is 0 Å². The maximum absolute atomic E-state index is 3.51. The third-order valence-corrected chi connectivity index (χ3v) is 4.76. The Morgan fingerprint density at radius 2 is 1.55 bits per heavy atom. The van der Waals surface area contributed by atoms with E-state index >= 15 is 0 Å². The second-order valence-electron chi connectivity index (χ2n) is 7.20. The summed E-state index contributed by atoms with van der Waals surface area (Å²) in [6.45, 7) is 11.4. The summed E-state index contributed by atoms with van der Waals surface area (Å²) in [4.78, 5) is 2.33. The summed E-state index contributed by atoms with van der Waals surface area (Å²) in [6.07, 6.45) is 1.10. The van der Waals surface area contributed by atoms with E-state index in [0.29, 0.717) is 6.04 Å². The van der Waals surface area contributed by atoms with Gasteiger partial charge in [-0.3, -0.25) is 0 Å². The lowest BCUT2D eigenvalue weighted by molar-refractivity contribution is 0.117. The van der Waals surface area contributed by atoms with Crippen LogP contribution < -0.4 is 5.32 Å². The summed E-state index contributed by atoms with van der Waals surface area (Å²) in [5.41, 5.74) is 3.07. The van der Waals surface area contributed by atoms with Crippen LogP contribution in [0.5, 0.6) is 0 Å². The van der Waals surface area contributed by atoms with Crippen LogP contribution in [0.3, 0.4) is 0 Å². The standard InChI is InChI=1S/C18H32N2/c1-9-18(5,20(7)8)16(19-6)14-10-12-15(13-11-14)17(2,3)4/h10-13,16,19H,9H2,1-8H3. The van der Waals surface area contributed by atoms with E-state index in [1.807, 2.05) is 0 Å². The van der Waals surface area contributed by atoms with Gasteiger partial charge in [-0.25, -0.2) is 0 Å². The lowest BCUT2D eigenvalue weighted by Crippen LogP contribution is -2.50. The smallest absolute Gasteiger partial charge is 0.0501 e. The van der Waals surface area contributed by atoms with Crippen LogP contribution >= 0.6 is 0 Å². The lowest BCUT2D eigenvalue weighted by Gasteiger charge is -2.43. The van der Waals surface area contributed by atoms with Crippen molar-refractivity contribution in [2.45, 2.75) is 58.0 Å². The molecule has 0 bridgehead atoms. The fourth-order valence-electron chi connectivity index (χ4n) is 2.79. The summed E-state index contributed by atoms with van der Waals surface area (Å²) >= 11 is 0. The van der Waals surface area contributed by atoms with Crippen LogP contribution in [0, 0.1) is 0 Å². The molecule has 0 saturated carbocycles. The molecule has 0 saturated heterocycles. The zero-order valence-electron chi connectivity index (χ0n) is 14.5. The third kappa shape index (κ3) is 3.42. The summed E-state index contributed by atoms with van der Waals surface area (Å²) < 4.78 is 0. The van der Waals surface area contributed by atoms with Crippen molar-refractivity contribution >= 4 is 0 Å². The number of benzene rings is 1. The first kappa shape index (κ1) is 17.2. The van der Waals surface area contributed by atoms with Gasteiger partial charge in [-0.2, -0.15) is 0 Å². The van der Waals surface area contributed by atoms with E-state index in [0.717, 1.165) is 6.42 Å². The second kappa shape index (κ2) is 6.28. The minimum Gasteiger partial charge on any atom is -0.311 e. The Morgan fingerprint density at radius 1 is 1.05 bits per heavy atom. The summed E-state index contributed by atoms with van der Waals surface area (Å²) in [6, 6.07) is 9.42. The van der Waals surface area contributed by atoms with E-state index in [2.05, 4.69) is 90.2 Å². The molecule has 2 unspecified atom stereocenters. The molecule has 114 valence electrons. The van der Waals surface area contributed by atoms with Crippen molar-refractivity contribution in [3.05, 3.63) is 35.4 Å². The highest BCUT2D eigenvalue weighted by Crippen LogP contribution is 2.33. The molecular formula is C18H32N2. The van der Waals surface area contributed by atoms with Crippen molar-refractivity contribution < 1.29 is 0 Å². The van der Waals surface area contributed by atoms with Gasteiger partial charge >= 0.3 is 0 Å². The van der Waals surface area contributed by atoms with Crippen LogP contribution in [-0.4, -0.2) is 31.6 Å². The monoisotopic (exact) mass is 276 g/mol. The highest BCUT2D eigenvalue weighted by molar-refractivity contribution is 5.31. The van der Waals surface area contributed by atoms with Gasteiger partial charge in [0.25, 0.3) is 0 Å². The molecule has 0 heterocycles. The third-order valence-electron chi connectivity index (χ3n) is 4.76. The highest BCUT2D eigenvalue weighted by atomic mass is 15.2. The number of likely N-dealkylation sites (N-methyl/N-ethyl adjacent to an activating group) is 2. The fraction of sp³-hybridized carbons (Fsp3) is 0.667. The van der Waals surface area contributed by atoms with Crippen LogP contribution in [0.25, 0.3) is 0 Å². The van der Waals surface area contributed by atoms with Gasteiger partial charge < -0.3 is 10.2 Å². The zero-order chi connectivity index (χ0) is 15.6. The molecule has 0 aliphatic rings. The van der Waals surface area contributed by atoms with Crippen molar-refractivity contribution in [3.8, 4) is 0 Å². The average Bonchev–Trinajstić information content (AvgIpc) is 2.38. The molecule has 1 aromatic rings. The van der Waals surface area contributed by atoms with Crippen molar-refractivity contribution in [1.82, 2.24) is 10.2 Å². The highest BCUT2D eigenvalue weighted by Gasteiger charge is 2.34. The molecular weight excluding hydrogens is 244 g/mol. The van der Waals surface area contributed by atoms with Crippen molar-refractivity contribution in [2.75, 3.05) is 21.1 Å². The molecule has 1 aromatic carbocycles. The Hall–Kier alpha value is -0.860. The Bertz CT molecular complexity index is 414. The largest absolute Gasteiger partial charge is 0.311 e. The minimum atomic E-state index is 0.109. The van der Waals surface area contributed by atoms with E-state index in [1.54, 1.807) is 0 Å². The summed E-state index contributed by atoms with van der Waals surface area (Å²) in [5, 5.41) is 3.51. The molecule has 0 spiro atoms. The normalized spacial score (nSPS) is 17.1. The van der Waals surface area contributed by atoms with Crippen LogP contribution in [-0.2, 0) is 5.41 Å². The number of hydrogen-bond donors (Lipinski definition) is 1. The van der Waals surface area contributed by atoms with Gasteiger partial charge in [-0.15, -0.1) is 0 Å². The topological polar surface area (TPSA) is 15.3 Å². The van der Waals surface area contributed by atoms with Crippen molar-refractivity contribution in [1.29, 1.82) is 0 Å². The molecule has 1 N–H and O–H groups in total. The summed E-state index contributed by atoms with van der Waals surface area (Å²) in [5.74, 6) is 0. The number of rotatable bonds is 5. The number of nitrogens with zero attached hydrogens (tertiary/aromatic N) is 1. The van der Waals surface area contributed by atoms with Gasteiger partial charge in [0.1, 0.15) is 0 Å². The lowest BCUT2D eigenvalue weighted by atomic mass is 9.81. The quantitative estimate of drug-likeness (QED) is 0.875. The molecule has 20 heavy (non-hydrogen) atoms. The molecule has 1 rings (SSSR count). The Balaban J connectivity index is 3.14. The van der Waals surface area contributed by atoms with Gasteiger partial charge in [0.2, 0.25) is 0 Å². The minimum absolute atomic E-state index is 0.109. The predicted octanol–water partition coefficient (Wildman–Crippen LogP) is 3.97. The van der Waals surface area contributed by atoms with Crippen LogP contribution in [0.4, 0.5) is 0 Å². The maximum Gasteiger partial charge on any atom is 0.0501 e. The molecule has 0 fully saturated rings. The molecule has 2 nitrogen and oxygen atoms in total. The number of hydrogen-bond acceptors (Lipinski definition) is 2. The molecule has 0 aromatic heterocycles. The average molecular weight is 276 g/mol. The SMILES string of the molecule is CCC(C)(C(NC)c1ccc(C(C)(C)C)cc1)N(C)C. The van der Waals surface area contributed by atoms with Gasteiger partial charge in [-0.05, 0) is 51.0 Å². The van der Waals surface area contributed by atoms with Gasteiger partial charge in [-0.1, -0.05) is 52.0 Å². The zero-order valence-corrected chi connectivity index (χ0v) is 14.5. The summed E-state index contributed by atoms with van der Waals surface area (Å²) in [7, 11) is 6.38. The van der Waals surface area contributed by atoms with Crippen molar-refractivity contribution in [3.63, 3.8) is 0 Å². The predicted molar refractivity (Wildman–Crippen MR) is 89.3 cm³/mol. The fourth-order valence-corrected chi connectivity index (χ4v) is 2.79. The van der Waals surface area contributed by atoms with Crippen molar-refractivity contribution in [2.24, 2.45) is 0 Å². The van der Waals surface area contributed by atoms with Crippen LogP contribution in [0.2, 0.25) is 0 Å². The second-order valence-corrected chi connectivity index (χ2v) is 7.20. The van der Waals surface area contributed by atoms with E-state index < -0.39 is 0 Å². The van der Waals surface area contributed by atoms with E-state index in [-0.39, 0.29) is 11.0 Å². The first-order chi connectivity index (χ1) is 9.16. The molecule has 2 heteroatoms. The molecule has 0 amide bonds. The van der Waals surface area contributed by atoms with E-state index in [4.69, 9.17) is 0 Å². The van der Waals surface area contributed by atoms with Crippen LogP contribution in [0.1, 0.15) is 58.2 Å². The van der Waals surface area contributed by atoms with E-state index in [9.17, 15) is 0 Å². The molecule has 0 radical (unpaired) electrons. The Morgan fingerprint density at radius 3 is 1.85 bits per heavy atom. The molecule has 2 atom stereocenters. The van der Waals surface area contributed by atoms with Gasteiger partial charge in [0.05, 0.1) is 6.04 Å². The van der Waals surface area contributed by atoms with Crippen LogP contribution in [0.15, 0.2) is 24.3 Å². The molecule has 0 aliphatic carbocycles. The van der Waals surface area contributed by atoms with Gasteiger partial charge in [0, 0.05) is 5.54 Å². The van der Waals surface area contributed by atoms with E-state index in [1.165, 1.54) is 11.1 Å².